The molecular formula is C27H25NO6S. The van der Waals surface area contributed by atoms with Gasteiger partial charge in [-0.2, -0.15) is 0 Å². The number of benzene rings is 3. The van der Waals surface area contributed by atoms with Gasteiger partial charge in [0.2, 0.25) is 0 Å². The molecule has 0 bridgehead atoms. The van der Waals surface area contributed by atoms with Crippen molar-refractivity contribution < 1.29 is 28.6 Å². The minimum atomic E-state index is -0.623. The van der Waals surface area contributed by atoms with Crippen molar-refractivity contribution in [3.63, 3.8) is 0 Å². The van der Waals surface area contributed by atoms with Crippen molar-refractivity contribution in [3.05, 3.63) is 76.7 Å². The monoisotopic (exact) mass is 491 g/mol. The summed E-state index contributed by atoms with van der Waals surface area (Å²) in [5.41, 5.74) is 1.71. The Morgan fingerprint density at radius 1 is 0.914 bits per heavy atom. The van der Waals surface area contributed by atoms with E-state index in [1.54, 1.807) is 31.2 Å². The third-order valence-electron chi connectivity index (χ3n) is 5.24. The normalized spacial score (nSPS) is 14.6. The van der Waals surface area contributed by atoms with Gasteiger partial charge < -0.3 is 14.2 Å². The van der Waals surface area contributed by atoms with Gasteiger partial charge in [-0.1, -0.05) is 42.5 Å². The van der Waals surface area contributed by atoms with Crippen LogP contribution in [0.2, 0.25) is 0 Å². The second kappa shape index (κ2) is 11.1. The van der Waals surface area contributed by atoms with Crippen LogP contribution in [0.4, 0.5) is 4.79 Å². The van der Waals surface area contributed by atoms with Gasteiger partial charge in [-0.25, -0.2) is 0 Å². The first kappa shape index (κ1) is 24.3. The van der Waals surface area contributed by atoms with Crippen molar-refractivity contribution in [2.45, 2.75) is 20.5 Å². The molecule has 1 aliphatic rings. The summed E-state index contributed by atoms with van der Waals surface area (Å²) in [6.07, 6.45) is 1.60. The lowest BCUT2D eigenvalue weighted by atomic mass is 10.1. The van der Waals surface area contributed by atoms with Crippen LogP contribution in [-0.2, 0) is 20.9 Å². The predicted molar refractivity (Wildman–Crippen MR) is 135 cm³/mol. The number of hydrogen-bond acceptors (Lipinski definition) is 7. The molecule has 4 rings (SSSR count). The van der Waals surface area contributed by atoms with Gasteiger partial charge in [-0.05, 0) is 71.8 Å². The lowest BCUT2D eigenvalue weighted by molar-refractivity contribution is -0.145. The summed E-state index contributed by atoms with van der Waals surface area (Å²) < 4.78 is 16.6. The highest BCUT2D eigenvalue weighted by Crippen LogP contribution is 2.35. The van der Waals surface area contributed by atoms with Crippen molar-refractivity contribution in [2.75, 3.05) is 19.8 Å². The maximum Gasteiger partial charge on any atom is 0.326 e. The van der Waals surface area contributed by atoms with Crippen molar-refractivity contribution >= 4 is 45.7 Å². The molecule has 3 aromatic carbocycles. The first-order chi connectivity index (χ1) is 17.0. The topological polar surface area (TPSA) is 82.1 Å². The van der Waals surface area contributed by atoms with Crippen LogP contribution in [0.25, 0.3) is 16.8 Å². The van der Waals surface area contributed by atoms with E-state index in [2.05, 4.69) is 24.3 Å². The van der Waals surface area contributed by atoms with Gasteiger partial charge in [0.05, 0.1) is 18.1 Å². The average molecular weight is 492 g/mol. The molecule has 35 heavy (non-hydrogen) atoms. The molecule has 1 fully saturated rings. The molecule has 0 aliphatic carbocycles. The summed E-state index contributed by atoms with van der Waals surface area (Å²) in [6.45, 7) is 4.13. The van der Waals surface area contributed by atoms with Gasteiger partial charge in [0.1, 0.15) is 13.2 Å². The Kier molecular flexibility index (Phi) is 7.72. The van der Waals surface area contributed by atoms with Crippen LogP contribution in [0.1, 0.15) is 25.0 Å². The number of carbonyl (C=O) groups is 3. The molecule has 1 heterocycles. The number of carbonyl (C=O) groups excluding carboxylic acids is 3. The lowest BCUT2D eigenvalue weighted by Gasteiger charge is -2.13. The summed E-state index contributed by atoms with van der Waals surface area (Å²) in [7, 11) is 0. The van der Waals surface area contributed by atoms with Crippen LogP contribution in [-0.4, -0.2) is 41.8 Å². The first-order valence-corrected chi connectivity index (χ1v) is 12.1. The zero-order valence-electron chi connectivity index (χ0n) is 19.5. The second-order valence-corrected chi connectivity index (χ2v) is 8.68. The Balaban J connectivity index is 1.49. The van der Waals surface area contributed by atoms with E-state index in [1.807, 2.05) is 25.1 Å². The molecule has 8 heteroatoms. The molecule has 0 saturated carbocycles. The molecule has 0 N–H and O–H groups in total. The fourth-order valence-electron chi connectivity index (χ4n) is 3.62. The number of nitrogens with zero attached hydrogens (tertiary/aromatic N) is 1. The molecule has 3 aromatic rings. The predicted octanol–water partition coefficient (Wildman–Crippen LogP) is 5.42. The van der Waals surface area contributed by atoms with Gasteiger partial charge in [-0.3, -0.25) is 19.3 Å². The Morgan fingerprint density at radius 3 is 2.49 bits per heavy atom. The Labute approximate surface area is 207 Å². The summed E-state index contributed by atoms with van der Waals surface area (Å²) in [5.74, 6) is -0.0365. The van der Waals surface area contributed by atoms with E-state index in [0.29, 0.717) is 30.3 Å². The maximum absolute atomic E-state index is 12.6. The zero-order chi connectivity index (χ0) is 24.8. The van der Waals surface area contributed by atoms with E-state index in [-0.39, 0.29) is 11.5 Å². The molecule has 2 amide bonds. The standard InChI is InChI=1S/C27H25NO6S/c1-3-32-23-14-18(15-24-26(30)28(27(31)35-24)16-25(29)33-4-2)10-12-22(23)34-17-19-9-11-20-7-5-6-8-21(20)13-19/h5-15H,3-4,16-17H2,1-2H3/b24-15-. The van der Waals surface area contributed by atoms with E-state index in [1.165, 1.54) is 5.39 Å². The maximum atomic E-state index is 12.6. The van der Waals surface area contributed by atoms with Crippen LogP contribution in [0.15, 0.2) is 65.6 Å². The molecule has 180 valence electrons. The fourth-order valence-corrected chi connectivity index (χ4v) is 4.45. The summed E-state index contributed by atoms with van der Waals surface area (Å²) in [5, 5.41) is 1.81. The van der Waals surface area contributed by atoms with E-state index in [9.17, 15) is 14.4 Å². The molecular weight excluding hydrogens is 466 g/mol. The minimum Gasteiger partial charge on any atom is -0.490 e. The molecule has 0 spiro atoms. The highest BCUT2D eigenvalue weighted by molar-refractivity contribution is 8.18. The molecule has 0 aromatic heterocycles. The highest BCUT2D eigenvalue weighted by atomic mass is 32.2. The van der Waals surface area contributed by atoms with Gasteiger partial charge in [0.25, 0.3) is 11.1 Å². The Hall–Kier alpha value is -3.78. The van der Waals surface area contributed by atoms with Gasteiger partial charge in [0, 0.05) is 0 Å². The Morgan fingerprint density at radius 2 is 1.71 bits per heavy atom. The number of fused-ring (bicyclic) bond motifs is 1. The molecule has 1 saturated heterocycles. The molecule has 0 unspecified atom stereocenters. The fraction of sp³-hybridized carbons (Fsp3) is 0.222. The van der Waals surface area contributed by atoms with Crippen molar-refractivity contribution in [1.82, 2.24) is 4.90 Å². The van der Waals surface area contributed by atoms with Crippen LogP contribution < -0.4 is 9.47 Å². The van der Waals surface area contributed by atoms with E-state index >= 15 is 0 Å². The van der Waals surface area contributed by atoms with Gasteiger partial charge >= 0.3 is 5.97 Å². The lowest BCUT2D eigenvalue weighted by Crippen LogP contribution is -2.34. The van der Waals surface area contributed by atoms with Crippen LogP contribution in [0.5, 0.6) is 11.5 Å². The smallest absolute Gasteiger partial charge is 0.326 e. The number of imide groups is 1. The summed E-state index contributed by atoms with van der Waals surface area (Å²) in [4.78, 5) is 37.7. The Bertz CT molecular complexity index is 1300. The molecule has 7 nitrogen and oxygen atoms in total. The number of amides is 2. The van der Waals surface area contributed by atoms with Crippen LogP contribution in [0.3, 0.4) is 0 Å². The average Bonchev–Trinajstić information content (AvgIpc) is 3.11. The van der Waals surface area contributed by atoms with Crippen LogP contribution >= 0.6 is 11.8 Å². The van der Waals surface area contributed by atoms with Crippen molar-refractivity contribution in [2.24, 2.45) is 0 Å². The summed E-state index contributed by atoms with van der Waals surface area (Å²) in [6, 6.07) is 19.7. The summed E-state index contributed by atoms with van der Waals surface area (Å²) >= 11 is 0.787. The quantitative estimate of drug-likeness (QED) is 0.292. The van der Waals surface area contributed by atoms with Gasteiger partial charge in [0.15, 0.2) is 11.5 Å². The van der Waals surface area contributed by atoms with Crippen molar-refractivity contribution in [1.29, 1.82) is 0 Å². The molecule has 1 aliphatic heterocycles. The van der Waals surface area contributed by atoms with Crippen LogP contribution in [0, 0.1) is 0 Å². The first-order valence-electron chi connectivity index (χ1n) is 11.3. The van der Waals surface area contributed by atoms with E-state index in [0.717, 1.165) is 27.6 Å². The van der Waals surface area contributed by atoms with Gasteiger partial charge in [-0.15, -0.1) is 0 Å². The molecule has 0 radical (unpaired) electrons. The third-order valence-corrected chi connectivity index (χ3v) is 6.15. The minimum absolute atomic E-state index is 0.181. The highest BCUT2D eigenvalue weighted by Gasteiger charge is 2.36. The van der Waals surface area contributed by atoms with E-state index in [4.69, 9.17) is 14.2 Å². The van der Waals surface area contributed by atoms with E-state index < -0.39 is 23.7 Å². The second-order valence-electron chi connectivity index (χ2n) is 7.68. The number of ether oxygens (including phenoxy) is 3. The van der Waals surface area contributed by atoms with Crippen molar-refractivity contribution in [3.8, 4) is 11.5 Å². The SMILES string of the molecule is CCOC(=O)CN1C(=O)S/C(=C\c2ccc(OCc3ccc4ccccc4c3)c(OCC)c2)C1=O. The third kappa shape index (κ3) is 5.84. The number of thioether (sulfide) groups is 1. The zero-order valence-corrected chi connectivity index (χ0v) is 20.3. The molecule has 0 atom stereocenters. The number of hydrogen-bond donors (Lipinski definition) is 0. The number of esters is 1. The number of rotatable bonds is 9. The largest absolute Gasteiger partial charge is 0.490 e.